The minimum atomic E-state index is -0.393. The van der Waals surface area contributed by atoms with Crippen molar-refractivity contribution >= 4 is 22.9 Å². The number of anilines is 1. The number of rotatable bonds is 2. The summed E-state index contributed by atoms with van der Waals surface area (Å²) in [5, 5.41) is 0.685. The Kier molecular flexibility index (Phi) is 3.93. The lowest BCUT2D eigenvalue weighted by Gasteiger charge is -2.33. The van der Waals surface area contributed by atoms with E-state index in [0.29, 0.717) is 27.9 Å². The third-order valence-corrected chi connectivity index (χ3v) is 4.83. The topological polar surface area (TPSA) is 55.3 Å². The molecule has 0 saturated heterocycles. The van der Waals surface area contributed by atoms with E-state index in [0.717, 1.165) is 5.69 Å². The van der Waals surface area contributed by atoms with Crippen LogP contribution >= 0.6 is 11.3 Å². The zero-order valence-corrected chi connectivity index (χ0v) is 14.2. The number of aromatic nitrogens is 2. The summed E-state index contributed by atoms with van der Waals surface area (Å²) < 4.78 is 19.1. The van der Waals surface area contributed by atoms with Crippen LogP contribution in [0.4, 0.5) is 10.1 Å². The number of thiazole rings is 1. The number of amides is 1. The van der Waals surface area contributed by atoms with E-state index in [1.54, 1.807) is 23.4 Å². The van der Waals surface area contributed by atoms with Crippen molar-refractivity contribution in [2.45, 2.75) is 13.0 Å². The number of carbonyl (C=O) groups excluding carboxylic acids is 1. The maximum absolute atomic E-state index is 13.5. The van der Waals surface area contributed by atoms with Crippen molar-refractivity contribution in [3.8, 4) is 16.5 Å². The number of ether oxygens (including phenoxy) is 1. The van der Waals surface area contributed by atoms with Crippen molar-refractivity contribution in [2.24, 2.45) is 0 Å². The Morgan fingerprint density at radius 3 is 3.00 bits per heavy atom. The predicted molar refractivity (Wildman–Crippen MR) is 93.5 cm³/mol. The van der Waals surface area contributed by atoms with Gasteiger partial charge in [-0.2, -0.15) is 0 Å². The van der Waals surface area contributed by atoms with Gasteiger partial charge in [-0.15, -0.1) is 11.3 Å². The van der Waals surface area contributed by atoms with Gasteiger partial charge < -0.3 is 9.64 Å². The molecule has 25 heavy (non-hydrogen) atoms. The molecule has 4 rings (SSSR count). The fraction of sp³-hybridized carbons (Fsp3) is 0.167. The SMILES string of the molecule is C[C@@H]1CN(C(=O)c2cnc(-c3ccccn3)s2)c2ccc(F)cc2O1. The molecular weight excluding hydrogens is 341 g/mol. The summed E-state index contributed by atoms with van der Waals surface area (Å²) >= 11 is 1.29. The molecular formula is C18H14FN3O2S. The van der Waals surface area contributed by atoms with Crippen LogP contribution in [-0.4, -0.2) is 28.5 Å². The first-order valence-electron chi connectivity index (χ1n) is 7.77. The highest BCUT2D eigenvalue weighted by Gasteiger charge is 2.29. The quantitative estimate of drug-likeness (QED) is 0.702. The molecule has 0 bridgehead atoms. The van der Waals surface area contributed by atoms with Crippen molar-refractivity contribution in [1.29, 1.82) is 0 Å². The average Bonchev–Trinajstić information content (AvgIpc) is 3.11. The molecule has 0 radical (unpaired) electrons. The molecule has 0 N–H and O–H groups in total. The molecule has 126 valence electrons. The number of benzene rings is 1. The van der Waals surface area contributed by atoms with Gasteiger partial charge in [0.2, 0.25) is 0 Å². The second kappa shape index (κ2) is 6.25. The van der Waals surface area contributed by atoms with Gasteiger partial charge in [-0.3, -0.25) is 9.78 Å². The molecule has 7 heteroatoms. The molecule has 1 aliphatic rings. The predicted octanol–water partition coefficient (Wildman–Crippen LogP) is 3.77. The maximum Gasteiger partial charge on any atom is 0.270 e. The molecule has 3 heterocycles. The number of pyridine rings is 1. The first-order chi connectivity index (χ1) is 12.1. The molecule has 0 unspecified atom stereocenters. The van der Waals surface area contributed by atoms with Crippen molar-refractivity contribution in [2.75, 3.05) is 11.4 Å². The highest BCUT2D eigenvalue weighted by molar-refractivity contribution is 7.17. The third-order valence-electron chi connectivity index (χ3n) is 3.83. The Morgan fingerprint density at radius 2 is 2.20 bits per heavy atom. The smallest absolute Gasteiger partial charge is 0.270 e. The number of halogens is 1. The summed E-state index contributed by atoms with van der Waals surface area (Å²) in [5.41, 5.74) is 1.29. The third kappa shape index (κ3) is 2.98. The molecule has 3 aromatic rings. The van der Waals surface area contributed by atoms with Gasteiger partial charge in [0.25, 0.3) is 5.91 Å². The lowest BCUT2D eigenvalue weighted by atomic mass is 10.2. The molecule has 1 aliphatic heterocycles. The van der Waals surface area contributed by atoms with Gasteiger partial charge in [-0.25, -0.2) is 9.37 Å². The second-order valence-corrected chi connectivity index (χ2v) is 6.73. The van der Waals surface area contributed by atoms with Crippen molar-refractivity contribution in [3.63, 3.8) is 0 Å². The largest absolute Gasteiger partial charge is 0.487 e. The van der Waals surface area contributed by atoms with E-state index in [4.69, 9.17) is 4.74 Å². The van der Waals surface area contributed by atoms with Crippen LogP contribution in [0, 0.1) is 5.82 Å². The lowest BCUT2D eigenvalue weighted by molar-refractivity contribution is 0.0964. The standard InChI is InChI=1S/C18H14FN3O2S/c1-11-10-22(14-6-5-12(19)8-15(14)24-11)18(23)16-9-21-17(25-16)13-4-2-3-7-20-13/h2-9,11H,10H2,1H3/t11-/m1/s1. The molecule has 1 aromatic carbocycles. The van der Waals surface area contributed by atoms with E-state index in [1.165, 1.54) is 23.5 Å². The van der Waals surface area contributed by atoms with Gasteiger partial charge in [-0.1, -0.05) is 6.07 Å². The number of hydrogen-bond acceptors (Lipinski definition) is 5. The molecule has 0 fully saturated rings. The fourth-order valence-corrected chi connectivity index (χ4v) is 3.56. The Bertz CT molecular complexity index is 929. The first-order valence-corrected chi connectivity index (χ1v) is 8.59. The van der Waals surface area contributed by atoms with Crippen molar-refractivity contribution in [3.05, 3.63) is 59.5 Å². The van der Waals surface area contributed by atoms with Crippen LogP contribution in [-0.2, 0) is 0 Å². The molecule has 0 aliphatic carbocycles. The Balaban J connectivity index is 1.67. The van der Waals surface area contributed by atoms with Gasteiger partial charge in [0.05, 0.1) is 24.1 Å². The Hall–Kier alpha value is -2.80. The van der Waals surface area contributed by atoms with Crippen molar-refractivity contribution in [1.82, 2.24) is 9.97 Å². The molecule has 0 spiro atoms. The van der Waals surface area contributed by atoms with E-state index in [9.17, 15) is 9.18 Å². The van der Waals surface area contributed by atoms with E-state index in [1.807, 2.05) is 25.1 Å². The summed E-state index contributed by atoms with van der Waals surface area (Å²) in [7, 11) is 0. The van der Waals surface area contributed by atoms with E-state index < -0.39 is 5.82 Å². The van der Waals surface area contributed by atoms with E-state index >= 15 is 0 Å². The van der Waals surface area contributed by atoms with E-state index in [-0.39, 0.29) is 12.0 Å². The molecule has 0 saturated carbocycles. The molecule has 5 nitrogen and oxygen atoms in total. The van der Waals surface area contributed by atoms with Gasteiger partial charge in [0.1, 0.15) is 27.6 Å². The number of hydrogen-bond donors (Lipinski definition) is 0. The van der Waals surface area contributed by atoms with Crippen molar-refractivity contribution < 1.29 is 13.9 Å². The Morgan fingerprint density at radius 1 is 1.32 bits per heavy atom. The highest BCUT2D eigenvalue weighted by Crippen LogP contribution is 2.36. The summed E-state index contributed by atoms with van der Waals surface area (Å²) in [6.45, 7) is 2.24. The zero-order chi connectivity index (χ0) is 17.4. The maximum atomic E-state index is 13.5. The average molecular weight is 355 g/mol. The summed E-state index contributed by atoms with van der Waals surface area (Å²) in [6.07, 6.45) is 3.02. The summed E-state index contributed by atoms with van der Waals surface area (Å²) in [4.78, 5) is 23.6. The minimum absolute atomic E-state index is 0.178. The summed E-state index contributed by atoms with van der Waals surface area (Å²) in [5.74, 6) is -0.195. The second-order valence-electron chi connectivity index (χ2n) is 5.70. The van der Waals surface area contributed by atoms with Crippen LogP contribution in [0.2, 0.25) is 0 Å². The monoisotopic (exact) mass is 355 g/mol. The van der Waals surface area contributed by atoms with Gasteiger partial charge in [-0.05, 0) is 31.2 Å². The minimum Gasteiger partial charge on any atom is -0.487 e. The van der Waals surface area contributed by atoms with Crippen LogP contribution in [0.1, 0.15) is 16.6 Å². The van der Waals surface area contributed by atoms with Crippen LogP contribution < -0.4 is 9.64 Å². The molecule has 1 amide bonds. The highest BCUT2D eigenvalue weighted by atomic mass is 32.1. The number of carbonyl (C=O) groups is 1. The zero-order valence-electron chi connectivity index (χ0n) is 13.3. The molecule has 2 aromatic heterocycles. The normalized spacial score (nSPS) is 16.2. The van der Waals surface area contributed by atoms with Crippen LogP contribution in [0.15, 0.2) is 48.8 Å². The van der Waals surface area contributed by atoms with E-state index in [2.05, 4.69) is 9.97 Å². The lowest BCUT2D eigenvalue weighted by Crippen LogP contribution is -2.42. The number of nitrogens with zero attached hydrogens (tertiary/aromatic N) is 3. The molecule has 1 atom stereocenters. The van der Waals surface area contributed by atoms with Crippen LogP contribution in [0.3, 0.4) is 0 Å². The fourth-order valence-electron chi connectivity index (χ4n) is 2.72. The van der Waals surface area contributed by atoms with Gasteiger partial charge in [0, 0.05) is 12.3 Å². The van der Waals surface area contributed by atoms with Crippen LogP contribution in [0.25, 0.3) is 10.7 Å². The number of fused-ring (bicyclic) bond motifs is 1. The van der Waals surface area contributed by atoms with Gasteiger partial charge in [0.15, 0.2) is 0 Å². The Labute approximate surface area is 147 Å². The summed E-state index contributed by atoms with van der Waals surface area (Å²) in [6, 6.07) is 9.74. The first kappa shape index (κ1) is 15.7. The van der Waals surface area contributed by atoms with Crippen LogP contribution in [0.5, 0.6) is 5.75 Å². The van der Waals surface area contributed by atoms with Gasteiger partial charge >= 0.3 is 0 Å².